The summed E-state index contributed by atoms with van der Waals surface area (Å²) in [6.07, 6.45) is 4.41. The molecule has 0 aliphatic rings. The molecule has 1 unspecified atom stereocenters. The van der Waals surface area contributed by atoms with Gasteiger partial charge in [0.25, 0.3) is 0 Å². The van der Waals surface area contributed by atoms with Crippen molar-refractivity contribution in [1.29, 1.82) is 0 Å². The Kier molecular flexibility index (Phi) is 5.32. The molecule has 0 aliphatic heterocycles. The first kappa shape index (κ1) is 9.70. The summed E-state index contributed by atoms with van der Waals surface area (Å²) in [7, 11) is 0. The summed E-state index contributed by atoms with van der Waals surface area (Å²) in [6.45, 7) is 8.93. The molecule has 0 spiro atoms. The van der Waals surface area contributed by atoms with Gasteiger partial charge in [0.1, 0.15) is 0 Å². The summed E-state index contributed by atoms with van der Waals surface area (Å²) in [6, 6.07) is 0. The minimum atomic E-state index is 0.523. The highest BCUT2D eigenvalue weighted by atomic mass is 14.5. The fourth-order valence-electron chi connectivity index (χ4n) is 1.38. The van der Waals surface area contributed by atoms with Crippen molar-refractivity contribution in [2.75, 3.05) is 6.54 Å². The third-order valence-corrected chi connectivity index (χ3v) is 2.23. The number of nitrogens with two attached hydrogens (primary N) is 1. The van der Waals surface area contributed by atoms with E-state index in [9.17, 15) is 0 Å². The van der Waals surface area contributed by atoms with E-state index in [1.54, 1.807) is 0 Å². The van der Waals surface area contributed by atoms with Crippen LogP contribution in [-0.4, -0.2) is 6.54 Å². The van der Waals surface area contributed by atoms with Gasteiger partial charge in [0.05, 0.1) is 0 Å². The SMILES string of the molecule is C=CC(CN)C(CC)CC. The third kappa shape index (κ3) is 2.53. The Morgan fingerprint density at radius 2 is 1.90 bits per heavy atom. The van der Waals surface area contributed by atoms with Gasteiger partial charge < -0.3 is 5.73 Å². The summed E-state index contributed by atoms with van der Waals surface area (Å²) in [5.41, 5.74) is 5.56. The van der Waals surface area contributed by atoms with Crippen molar-refractivity contribution in [3.63, 3.8) is 0 Å². The van der Waals surface area contributed by atoms with Crippen LogP contribution >= 0.6 is 0 Å². The Balaban J connectivity index is 3.81. The highest BCUT2D eigenvalue weighted by molar-refractivity contribution is 4.84. The van der Waals surface area contributed by atoms with Gasteiger partial charge in [-0.1, -0.05) is 32.8 Å². The van der Waals surface area contributed by atoms with E-state index in [1.807, 2.05) is 6.08 Å². The third-order valence-electron chi connectivity index (χ3n) is 2.23. The Morgan fingerprint density at radius 3 is 2.00 bits per heavy atom. The molecule has 0 radical (unpaired) electrons. The molecular formula is C9H19N. The second-order valence-corrected chi connectivity index (χ2v) is 2.71. The summed E-state index contributed by atoms with van der Waals surface area (Å²) >= 11 is 0. The second-order valence-electron chi connectivity index (χ2n) is 2.71. The lowest BCUT2D eigenvalue weighted by molar-refractivity contribution is 0.378. The van der Waals surface area contributed by atoms with E-state index in [2.05, 4.69) is 20.4 Å². The zero-order valence-electron chi connectivity index (χ0n) is 7.14. The summed E-state index contributed by atoms with van der Waals surface area (Å²) in [5, 5.41) is 0. The van der Waals surface area contributed by atoms with Crippen LogP contribution in [0.2, 0.25) is 0 Å². The highest BCUT2D eigenvalue weighted by Crippen LogP contribution is 2.18. The smallest absolute Gasteiger partial charge is 0.00116 e. The van der Waals surface area contributed by atoms with Gasteiger partial charge in [-0.2, -0.15) is 0 Å². The topological polar surface area (TPSA) is 26.0 Å². The van der Waals surface area contributed by atoms with E-state index >= 15 is 0 Å². The lowest BCUT2D eigenvalue weighted by Crippen LogP contribution is -2.20. The van der Waals surface area contributed by atoms with Crippen LogP contribution in [0.4, 0.5) is 0 Å². The molecule has 0 aliphatic carbocycles. The maximum absolute atomic E-state index is 5.56. The van der Waals surface area contributed by atoms with E-state index < -0.39 is 0 Å². The molecule has 2 N–H and O–H groups in total. The van der Waals surface area contributed by atoms with Gasteiger partial charge in [0.2, 0.25) is 0 Å². The first-order chi connectivity index (χ1) is 4.79. The second kappa shape index (κ2) is 5.48. The molecule has 60 valence electrons. The van der Waals surface area contributed by atoms with Crippen molar-refractivity contribution >= 4 is 0 Å². The van der Waals surface area contributed by atoms with Crippen LogP contribution in [0.5, 0.6) is 0 Å². The minimum Gasteiger partial charge on any atom is -0.330 e. The molecule has 0 bridgehead atoms. The highest BCUT2D eigenvalue weighted by Gasteiger charge is 2.12. The van der Waals surface area contributed by atoms with Crippen molar-refractivity contribution in [2.45, 2.75) is 26.7 Å². The van der Waals surface area contributed by atoms with Crippen LogP contribution in [0, 0.1) is 11.8 Å². The molecule has 0 rings (SSSR count). The summed E-state index contributed by atoms with van der Waals surface area (Å²) in [4.78, 5) is 0. The molecule has 0 heterocycles. The molecule has 0 fully saturated rings. The van der Waals surface area contributed by atoms with Gasteiger partial charge in [0.15, 0.2) is 0 Å². The molecular weight excluding hydrogens is 122 g/mol. The van der Waals surface area contributed by atoms with Gasteiger partial charge in [0, 0.05) is 0 Å². The van der Waals surface area contributed by atoms with Crippen LogP contribution < -0.4 is 5.73 Å². The fourth-order valence-corrected chi connectivity index (χ4v) is 1.38. The normalized spacial score (nSPS) is 13.6. The van der Waals surface area contributed by atoms with E-state index in [4.69, 9.17) is 5.73 Å². The van der Waals surface area contributed by atoms with Crippen molar-refractivity contribution in [2.24, 2.45) is 17.6 Å². The van der Waals surface area contributed by atoms with E-state index in [0.717, 1.165) is 12.5 Å². The van der Waals surface area contributed by atoms with Gasteiger partial charge in [-0.25, -0.2) is 0 Å². The van der Waals surface area contributed by atoms with Crippen LogP contribution in [0.3, 0.4) is 0 Å². The van der Waals surface area contributed by atoms with Crippen molar-refractivity contribution in [3.8, 4) is 0 Å². The lowest BCUT2D eigenvalue weighted by atomic mass is 9.88. The van der Waals surface area contributed by atoms with Crippen LogP contribution in [0.25, 0.3) is 0 Å². The molecule has 1 atom stereocenters. The van der Waals surface area contributed by atoms with E-state index in [0.29, 0.717) is 5.92 Å². The van der Waals surface area contributed by atoms with Gasteiger partial charge in [-0.3, -0.25) is 0 Å². The molecule has 0 aromatic heterocycles. The summed E-state index contributed by atoms with van der Waals surface area (Å²) in [5.74, 6) is 1.26. The maximum atomic E-state index is 5.56. The predicted molar refractivity (Wildman–Crippen MR) is 46.8 cm³/mol. The largest absolute Gasteiger partial charge is 0.330 e. The molecule has 0 amide bonds. The lowest BCUT2D eigenvalue weighted by Gasteiger charge is -2.19. The molecule has 10 heavy (non-hydrogen) atoms. The van der Waals surface area contributed by atoms with Gasteiger partial charge >= 0.3 is 0 Å². The van der Waals surface area contributed by atoms with Crippen LogP contribution in [0.15, 0.2) is 12.7 Å². The Hall–Kier alpha value is -0.300. The molecule has 0 saturated carbocycles. The van der Waals surface area contributed by atoms with Gasteiger partial charge in [-0.05, 0) is 18.4 Å². The van der Waals surface area contributed by atoms with E-state index in [-0.39, 0.29) is 0 Å². The van der Waals surface area contributed by atoms with E-state index in [1.165, 1.54) is 12.8 Å². The zero-order chi connectivity index (χ0) is 7.98. The van der Waals surface area contributed by atoms with Crippen molar-refractivity contribution in [1.82, 2.24) is 0 Å². The van der Waals surface area contributed by atoms with Crippen molar-refractivity contribution < 1.29 is 0 Å². The predicted octanol–water partition coefficient (Wildman–Crippen LogP) is 2.18. The zero-order valence-corrected chi connectivity index (χ0v) is 7.14. The Bertz CT molecular complexity index is 84.7. The molecule has 0 aromatic carbocycles. The first-order valence-corrected chi connectivity index (χ1v) is 4.12. The Morgan fingerprint density at radius 1 is 1.40 bits per heavy atom. The summed E-state index contributed by atoms with van der Waals surface area (Å²) < 4.78 is 0. The molecule has 0 saturated heterocycles. The number of rotatable bonds is 5. The number of hydrogen-bond donors (Lipinski definition) is 1. The average molecular weight is 141 g/mol. The number of hydrogen-bond acceptors (Lipinski definition) is 1. The van der Waals surface area contributed by atoms with Gasteiger partial charge in [-0.15, -0.1) is 6.58 Å². The minimum absolute atomic E-state index is 0.523. The standard InChI is InChI=1S/C9H19N/c1-4-8(5-2)9(6-3)7-10/h6,8-9H,3-5,7,10H2,1-2H3. The average Bonchev–Trinajstić information content (AvgIpc) is 2.00. The first-order valence-electron chi connectivity index (χ1n) is 4.12. The monoisotopic (exact) mass is 141 g/mol. The molecule has 1 heteroatoms. The maximum Gasteiger partial charge on any atom is -0.00116 e. The molecule has 1 nitrogen and oxygen atoms in total. The van der Waals surface area contributed by atoms with Crippen LogP contribution in [0.1, 0.15) is 26.7 Å². The van der Waals surface area contributed by atoms with Crippen LogP contribution in [-0.2, 0) is 0 Å². The van der Waals surface area contributed by atoms with Crippen molar-refractivity contribution in [3.05, 3.63) is 12.7 Å². The Labute approximate surface area is 64.3 Å². The molecule has 0 aromatic rings. The fraction of sp³-hybridized carbons (Fsp3) is 0.778. The quantitative estimate of drug-likeness (QED) is 0.583.